The van der Waals surface area contributed by atoms with Gasteiger partial charge in [0.15, 0.2) is 0 Å². The Morgan fingerprint density at radius 1 is 0.647 bits per heavy atom. The molecule has 34 heavy (non-hydrogen) atoms. The lowest BCUT2D eigenvalue weighted by molar-refractivity contribution is 1.20. The third-order valence-electron chi connectivity index (χ3n) is 5.63. The van der Waals surface area contributed by atoms with Crippen LogP contribution in [0.3, 0.4) is 0 Å². The number of hydrogen-bond donors (Lipinski definition) is 0. The molecule has 0 bridgehead atoms. The molecule has 5 aromatic rings. The predicted molar refractivity (Wildman–Crippen MR) is 154 cm³/mol. The van der Waals surface area contributed by atoms with Crippen molar-refractivity contribution in [2.24, 2.45) is 0 Å². The molecule has 0 radical (unpaired) electrons. The highest BCUT2D eigenvalue weighted by Gasteiger charge is 2.13. The molecule has 168 valence electrons. The van der Waals surface area contributed by atoms with Crippen LogP contribution in [0.1, 0.15) is 11.8 Å². The van der Waals surface area contributed by atoms with E-state index in [0.29, 0.717) is 0 Å². The van der Waals surface area contributed by atoms with Gasteiger partial charge in [0.1, 0.15) is 0 Å². The minimum atomic E-state index is 1.06. The second-order valence-corrected chi connectivity index (χ2v) is 11.3. The van der Waals surface area contributed by atoms with Crippen LogP contribution in [0.2, 0.25) is 0 Å². The Labute approximate surface area is 213 Å². The van der Waals surface area contributed by atoms with E-state index in [0.717, 1.165) is 17.1 Å². The summed E-state index contributed by atoms with van der Waals surface area (Å²) < 4.78 is 0. The molecule has 3 aromatic heterocycles. The van der Waals surface area contributed by atoms with E-state index in [1.165, 1.54) is 34.8 Å². The first-order valence-electron chi connectivity index (χ1n) is 11.2. The molecule has 5 rings (SSSR count). The van der Waals surface area contributed by atoms with E-state index in [4.69, 9.17) is 0 Å². The highest BCUT2D eigenvalue weighted by molar-refractivity contribution is 7.27. The summed E-state index contributed by atoms with van der Waals surface area (Å²) in [5.74, 6) is 0. The van der Waals surface area contributed by atoms with Crippen LogP contribution < -0.4 is 4.90 Å². The number of para-hydroxylation sites is 1. The fourth-order valence-corrected chi connectivity index (χ4v) is 7.00. The van der Waals surface area contributed by atoms with Crippen molar-refractivity contribution in [3.05, 3.63) is 120 Å². The van der Waals surface area contributed by atoms with Gasteiger partial charge in [0, 0.05) is 46.3 Å². The maximum absolute atomic E-state index is 4.02. The van der Waals surface area contributed by atoms with Crippen LogP contribution >= 0.6 is 34.0 Å². The molecule has 0 aliphatic carbocycles. The van der Waals surface area contributed by atoms with Gasteiger partial charge in [-0.25, -0.2) is 0 Å². The lowest BCUT2D eigenvalue weighted by Crippen LogP contribution is -2.14. The van der Waals surface area contributed by atoms with E-state index in [1.54, 1.807) is 0 Å². The van der Waals surface area contributed by atoms with Crippen molar-refractivity contribution in [1.82, 2.24) is 0 Å². The molecule has 0 atom stereocenters. The zero-order chi connectivity index (χ0) is 23.5. The van der Waals surface area contributed by atoms with E-state index in [2.05, 4.69) is 109 Å². The largest absolute Gasteiger partial charge is 0.311 e. The summed E-state index contributed by atoms with van der Waals surface area (Å²) in [5.41, 5.74) is 4.54. The Morgan fingerprint density at radius 2 is 1.18 bits per heavy atom. The second kappa shape index (κ2) is 9.98. The number of thiophene rings is 3. The summed E-state index contributed by atoms with van der Waals surface area (Å²) >= 11 is 5.58. The standard InChI is InChI=1S/C30H25NS3/c1-4-23(5-2)31(24-9-7-6-8-10-24)25-14-12-22(13-15-25)26-17-18-29(33-26)30-20-19-28(34-30)27-16-11-21(3)32-27/h4-20H,1H2,2-3H3/b23-5+. The quantitative estimate of drug-likeness (QED) is 0.203. The first-order chi connectivity index (χ1) is 16.7. The van der Waals surface area contributed by atoms with Gasteiger partial charge in [0.05, 0.1) is 0 Å². The maximum Gasteiger partial charge on any atom is 0.0461 e. The molecule has 0 N–H and O–H groups in total. The number of benzene rings is 2. The zero-order valence-electron chi connectivity index (χ0n) is 19.2. The van der Waals surface area contributed by atoms with Crippen molar-refractivity contribution >= 4 is 45.4 Å². The number of allylic oxidation sites excluding steroid dienone is 2. The molecule has 0 unspecified atom stereocenters. The molecule has 3 heterocycles. The van der Waals surface area contributed by atoms with Gasteiger partial charge in [-0.3, -0.25) is 0 Å². The molecular formula is C30H25NS3. The van der Waals surface area contributed by atoms with Crippen molar-refractivity contribution in [2.75, 3.05) is 4.90 Å². The smallest absolute Gasteiger partial charge is 0.0461 e. The van der Waals surface area contributed by atoms with Gasteiger partial charge in [-0.1, -0.05) is 43.0 Å². The van der Waals surface area contributed by atoms with Crippen LogP contribution in [0.5, 0.6) is 0 Å². The highest BCUT2D eigenvalue weighted by Crippen LogP contribution is 2.42. The van der Waals surface area contributed by atoms with E-state index in [-0.39, 0.29) is 0 Å². The third-order valence-corrected chi connectivity index (χ3v) is 9.24. The predicted octanol–water partition coefficient (Wildman–Crippen LogP) is 10.4. The molecule has 4 heteroatoms. The molecule has 0 amide bonds. The number of hydrogen-bond acceptors (Lipinski definition) is 4. The van der Waals surface area contributed by atoms with Crippen molar-refractivity contribution in [3.8, 4) is 29.9 Å². The lowest BCUT2D eigenvalue weighted by atomic mass is 10.1. The summed E-state index contributed by atoms with van der Waals surface area (Å²) in [7, 11) is 0. The summed E-state index contributed by atoms with van der Waals surface area (Å²) in [6, 6.07) is 32.6. The Balaban J connectivity index is 1.41. The fraction of sp³-hybridized carbons (Fsp3) is 0.0667. The minimum Gasteiger partial charge on any atom is -0.311 e. The van der Waals surface area contributed by atoms with Gasteiger partial charge in [-0.05, 0) is 86.2 Å². The van der Waals surface area contributed by atoms with E-state index < -0.39 is 0 Å². The lowest BCUT2D eigenvalue weighted by Gasteiger charge is -2.26. The molecule has 0 saturated heterocycles. The van der Waals surface area contributed by atoms with E-state index in [9.17, 15) is 0 Å². The molecule has 0 aliphatic heterocycles. The first kappa shape index (κ1) is 22.6. The Bertz CT molecular complexity index is 1430. The van der Waals surface area contributed by atoms with Crippen molar-refractivity contribution in [1.29, 1.82) is 0 Å². The SMILES string of the molecule is C=C/C(=C\C)N(c1ccccc1)c1ccc(-c2ccc(-c3ccc(-c4ccc(C)s4)s3)s2)cc1. The maximum atomic E-state index is 4.02. The van der Waals surface area contributed by atoms with Gasteiger partial charge >= 0.3 is 0 Å². The van der Waals surface area contributed by atoms with Crippen molar-refractivity contribution in [3.63, 3.8) is 0 Å². The minimum absolute atomic E-state index is 1.06. The van der Waals surface area contributed by atoms with E-state index in [1.807, 2.05) is 53.1 Å². The number of rotatable bonds is 7. The van der Waals surface area contributed by atoms with Crippen LogP contribution in [0, 0.1) is 6.92 Å². The van der Waals surface area contributed by atoms with Crippen LogP contribution in [-0.4, -0.2) is 0 Å². The molecule has 0 saturated carbocycles. The number of aryl methyl sites for hydroxylation is 1. The van der Waals surface area contributed by atoms with Gasteiger partial charge < -0.3 is 4.90 Å². The summed E-state index contributed by atoms with van der Waals surface area (Å²) in [6.45, 7) is 8.22. The van der Waals surface area contributed by atoms with Crippen LogP contribution in [0.4, 0.5) is 11.4 Å². The molecule has 0 spiro atoms. The van der Waals surface area contributed by atoms with Crippen LogP contribution in [0.15, 0.2) is 115 Å². The topological polar surface area (TPSA) is 3.24 Å². The van der Waals surface area contributed by atoms with Gasteiger partial charge in [0.25, 0.3) is 0 Å². The fourth-order valence-electron chi connectivity index (χ4n) is 3.93. The first-order valence-corrected chi connectivity index (χ1v) is 13.6. The van der Waals surface area contributed by atoms with Gasteiger partial charge in [-0.2, -0.15) is 0 Å². The summed E-state index contributed by atoms with van der Waals surface area (Å²) in [5, 5.41) is 0. The highest BCUT2D eigenvalue weighted by atomic mass is 32.1. The van der Waals surface area contributed by atoms with Crippen molar-refractivity contribution in [2.45, 2.75) is 13.8 Å². The van der Waals surface area contributed by atoms with Crippen LogP contribution in [-0.2, 0) is 0 Å². The average molecular weight is 496 g/mol. The molecule has 1 nitrogen and oxygen atoms in total. The van der Waals surface area contributed by atoms with Crippen LogP contribution in [0.25, 0.3) is 29.9 Å². The Kier molecular flexibility index (Phi) is 6.63. The summed E-state index contributed by atoms with van der Waals surface area (Å²) in [6.07, 6.45) is 3.99. The normalized spacial score (nSPS) is 11.5. The molecular weight excluding hydrogens is 471 g/mol. The monoisotopic (exact) mass is 495 g/mol. The third kappa shape index (κ3) is 4.58. The van der Waals surface area contributed by atoms with Gasteiger partial charge in [0.2, 0.25) is 0 Å². The second-order valence-electron chi connectivity index (χ2n) is 7.87. The number of anilines is 2. The van der Waals surface area contributed by atoms with E-state index >= 15 is 0 Å². The Hall–Kier alpha value is -3.18. The molecule has 0 aliphatic rings. The zero-order valence-corrected chi connectivity index (χ0v) is 21.6. The molecule has 0 fully saturated rings. The average Bonchev–Trinajstić information content (AvgIpc) is 3.64. The Morgan fingerprint density at radius 3 is 1.74 bits per heavy atom. The van der Waals surface area contributed by atoms with Crippen molar-refractivity contribution < 1.29 is 0 Å². The molecule has 2 aromatic carbocycles. The van der Waals surface area contributed by atoms with Gasteiger partial charge in [-0.15, -0.1) is 34.0 Å². The number of nitrogens with zero attached hydrogens (tertiary/aromatic N) is 1. The summed E-state index contributed by atoms with van der Waals surface area (Å²) in [4.78, 5) is 10.2.